The molecule has 1 rings (SSSR count). The fourth-order valence-corrected chi connectivity index (χ4v) is 2.56. The fraction of sp³-hybridized carbons (Fsp3) is 0.857. The van der Waals surface area contributed by atoms with Crippen molar-refractivity contribution in [1.82, 2.24) is 16.0 Å². The molecule has 0 radical (unpaired) electrons. The van der Waals surface area contributed by atoms with E-state index in [-0.39, 0.29) is 11.9 Å². The van der Waals surface area contributed by atoms with Crippen LogP contribution in [-0.2, 0) is 4.79 Å². The summed E-state index contributed by atoms with van der Waals surface area (Å²) in [6, 6.07) is -0.388. The zero-order chi connectivity index (χ0) is 14.3. The van der Waals surface area contributed by atoms with Gasteiger partial charge in [-0.05, 0) is 32.6 Å². The molecule has 5 heteroatoms. The highest BCUT2D eigenvalue weighted by Gasteiger charge is 2.24. The smallest absolute Gasteiger partial charge is 0.321 e. The molecule has 19 heavy (non-hydrogen) atoms. The second-order valence-corrected chi connectivity index (χ2v) is 5.46. The van der Waals surface area contributed by atoms with E-state index in [1.165, 1.54) is 25.7 Å². The fourth-order valence-electron chi connectivity index (χ4n) is 2.56. The first-order valence-corrected chi connectivity index (χ1v) is 7.39. The molecule has 0 aromatic rings. The van der Waals surface area contributed by atoms with Crippen molar-refractivity contribution in [3.63, 3.8) is 0 Å². The van der Waals surface area contributed by atoms with Gasteiger partial charge in [0.2, 0.25) is 5.91 Å². The molecule has 3 N–H and O–H groups in total. The highest BCUT2D eigenvalue weighted by Crippen LogP contribution is 2.23. The van der Waals surface area contributed by atoms with Crippen molar-refractivity contribution in [1.29, 1.82) is 0 Å². The van der Waals surface area contributed by atoms with Gasteiger partial charge >= 0.3 is 6.03 Å². The molecule has 0 spiro atoms. The van der Waals surface area contributed by atoms with Crippen molar-refractivity contribution < 1.29 is 9.59 Å². The van der Waals surface area contributed by atoms with Crippen LogP contribution in [0, 0.1) is 5.92 Å². The Bertz CT molecular complexity index is 307. The molecule has 3 unspecified atom stereocenters. The van der Waals surface area contributed by atoms with Gasteiger partial charge in [0.05, 0.1) is 6.04 Å². The SMILES string of the molecule is CCNC(=O)NC(=O)C(C)NC1CCCCCC1C. The number of carbonyl (C=O) groups is 2. The maximum Gasteiger partial charge on any atom is 0.321 e. The molecule has 1 aliphatic carbocycles. The van der Waals surface area contributed by atoms with E-state index < -0.39 is 6.03 Å². The highest BCUT2D eigenvalue weighted by atomic mass is 16.2. The summed E-state index contributed by atoms with van der Waals surface area (Å²) < 4.78 is 0. The van der Waals surface area contributed by atoms with Gasteiger partial charge in [-0.1, -0.05) is 26.2 Å². The number of hydrogen-bond acceptors (Lipinski definition) is 3. The van der Waals surface area contributed by atoms with Crippen LogP contribution in [0.3, 0.4) is 0 Å². The summed E-state index contributed by atoms with van der Waals surface area (Å²) in [6.45, 7) is 6.38. The van der Waals surface area contributed by atoms with Gasteiger partial charge in [-0.15, -0.1) is 0 Å². The van der Waals surface area contributed by atoms with E-state index in [0.717, 1.165) is 6.42 Å². The quantitative estimate of drug-likeness (QED) is 0.681. The van der Waals surface area contributed by atoms with Crippen molar-refractivity contribution in [2.24, 2.45) is 5.92 Å². The van der Waals surface area contributed by atoms with Gasteiger partial charge in [0, 0.05) is 12.6 Å². The van der Waals surface area contributed by atoms with E-state index in [1.807, 2.05) is 13.8 Å². The molecule has 3 amide bonds. The number of amides is 3. The minimum absolute atomic E-state index is 0.262. The Morgan fingerprint density at radius 2 is 1.89 bits per heavy atom. The van der Waals surface area contributed by atoms with E-state index in [0.29, 0.717) is 18.5 Å². The van der Waals surface area contributed by atoms with Crippen LogP contribution in [0.4, 0.5) is 4.79 Å². The zero-order valence-electron chi connectivity index (χ0n) is 12.3. The number of carbonyl (C=O) groups excluding carboxylic acids is 2. The van der Waals surface area contributed by atoms with Crippen LogP contribution in [0.5, 0.6) is 0 Å². The van der Waals surface area contributed by atoms with Crippen LogP contribution < -0.4 is 16.0 Å². The van der Waals surface area contributed by atoms with Gasteiger partial charge < -0.3 is 10.6 Å². The number of nitrogens with one attached hydrogen (secondary N) is 3. The summed E-state index contributed by atoms with van der Waals surface area (Å²) in [6.07, 6.45) is 6.09. The topological polar surface area (TPSA) is 70.2 Å². The normalized spacial score (nSPS) is 25.2. The van der Waals surface area contributed by atoms with Crippen LogP contribution in [0.25, 0.3) is 0 Å². The van der Waals surface area contributed by atoms with Gasteiger partial charge in [-0.2, -0.15) is 0 Å². The zero-order valence-corrected chi connectivity index (χ0v) is 12.3. The molecule has 0 aromatic heterocycles. The first-order valence-electron chi connectivity index (χ1n) is 7.39. The Labute approximate surface area is 115 Å². The summed E-state index contributed by atoms with van der Waals surface area (Å²) in [4.78, 5) is 23.2. The summed E-state index contributed by atoms with van der Waals surface area (Å²) in [5, 5.41) is 8.27. The molecule has 1 saturated carbocycles. The molecule has 0 aliphatic heterocycles. The van der Waals surface area contributed by atoms with Gasteiger partial charge in [-0.25, -0.2) is 4.79 Å². The van der Waals surface area contributed by atoms with Crippen molar-refractivity contribution >= 4 is 11.9 Å². The van der Waals surface area contributed by atoms with Gasteiger partial charge in [0.25, 0.3) is 0 Å². The van der Waals surface area contributed by atoms with Crippen LogP contribution in [-0.4, -0.2) is 30.6 Å². The lowest BCUT2D eigenvalue weighted by atomic mass is 9.96. The third kappa shape index (κ3) is 5.59. The number of rotatable bonds is 4. The van der Waals surface area contributed by atoms with Crippen LogP contribution >= 0.6 is 0 Å². The van der Waals surface area contributed by atoms with Crippen molar-refractivity contribution in [2.45, 2.75) is 65.0 Å². The number of urea groups is 1. The average Bonchev–Trinajstić information content (AvgIpc) is 2.55. The largest absolute Gasteiger partial charge is 0.338 e. The Kier molecular flexibility index (Phi) is 6.84. The standard InChI is InChI=1S/C14H27N3O2/c1-4-15-14(19)17-13(18)11(3)16-12-9-7-5-6-8-10(12)2/h10-12,16H,4-9H2,1-3H3,(H2,15,17,18,19). The number of hydrogen-bond donors (Lipinski definition) is 3. The third-order valence-electron chi connectivity index (χ3n) is 3.79. The van der Waals surface area contributed by atoms with E-state index >= 15 is 0 Å². The molecule has 0 saturated heterocycles. The first-order chi connectivity index (χ1) is 9.04. The Morgan fingerprint density at radius 1 is 1.21 bits per heavy atom. The van der Waals surface area contributed by atoms with Crippen LogP contribution in [0.15, 0.2) is 0 Å². The lowest BCUT2D eigenvalue weighted by molar-refractivity contribution is -0.121. The maximum atomic E-state index is 11.9. The van der Waals surface area contributed by atoms with Gasteiger partial charge in [0.15, 0.2) is 0 Å². The molecule has 5 nitrogen and oxygen atoms in total. The summed E-state index contributed by atoms with van der Waals surface area (Å²) in [7, 11) is 0. The minimum atomic E-state index is -0.421. The highest BCUT2D eigenvalue weighted by molar-refractivity contribution is 5.96. The third-order valence-corrected chi connectivity index (χ3v) is 3.79. The molecule has 0 heterocycles. The molecule has 1 aliphatic rings. The average molecular weight is 269 g/mol. The maximum absolute atomic E-state index is 11.9. The number of imide groups is 1. The van der Waals surface area contributed by atoms with Crippen LogP contribution in [0.1, 0.15) is 52.9 Å². The lowest BCUT2D eigenvalue weighted by Gasteiger charge is -2.26. The molecule has 3 atom stereocenters. The Balaban J connectivity index is 2.41. The first kappa shape index (κ1) is 16.0. The van der Waals surface area contributed by atoms with E-state index in [4.69, 9.17) is 0 Å². The monoisotopic (exact) mass is 269 g/mol. The molecule has 110 valence electrons. The lowest BCUT2D eigenvalue weighted by Crippen LogP contribution is -2.51. The second-order valence-electron chi connectivity index (χ2n) is 5.46. The predicted octanol–water partition coefficient (Wildman–Crippen LogP) is 1.78. The molecule has 0 bridgehead atoms. The van der Waals surface area contributed by atoms with E-state index in [1.54, 1.807) is 0 Å². The van der Waals surface area contributed by atoms with Crippen molar-refractivity contribution in [3.8, 4) is 0 Å². The Hall–Kier alpha value is -1.10. The molecule has 1 fully saturated rings. The van der Waals surface area contributed by atoms with Crippen molar-refractivity contribution in [3.05, 3.63) is 0 Å². The summed E-state index contributed by atoms with van der Waals surface area (Å²) in [5.74, 6) is 0.324. The summed E-state index contributed by atoms with van der Waals surface area (Å²) in [5.41, 5.74) is 0. The summed E-state index contributed by atoms with van der Waals surface area (Å²) >= 11 is 0. The van der Waals surface area contributed by atoms with E-state index in [2.05, 4.69) is 22.9 Å². The van der Waals surface area contributed by atoms with Crippen molar-refractivity contribution in [2.75, 3.05) is 6.54 Å². The molecule has 0 aromatic carbocycles. The van der Waals surface area contributed by atoms with Crippen LogP contribution in [0.2, 0.25) is 0 Å². The van der Waals surface area contributed by atoms with Gasteiger partial charge in [-0.3, -0.25) is 10.1 Å². The minimum Gasteiger partial charge on any atom is -0.338 e. The Morgan fingerprint density at radius 3 is 2.58 bits per heavy atom. The molecular formula is C14H27N3O2. The van der Waals surface area contributed by atoms with E-state index in [9.17, 15) is 9.59 Å². The van der Waals surface area contributed by atoms with Gasteiger partial charge in [0.1, 0.15) is 0 Å². The predicted molar refractivity (Wildman–Crippen MR) is 75.9 cm³/mol. The second kappa shape index (κ2) is 8.15. The molecular weight excluding hydrogens is 242 g/mol.